The molecule has 2 aliphatic carbocycles. The van der Waals surface area contributed by atoms with Crippen LogP contribution in [0.5, 0.6) is 11.5 Å². The maximum absolute atomic E-state index is 13.1. The molecule has 0 spiro atoms. The Morgan fingerprint density at radius 2 is 1.85 bits per heavy atom. The fourth-order valence-electron chi connectivity index (χ4n) is 5.02. The van der Waals surface area contributed by atoms with Crippen molar-refractivity contribution in [1.82, 2.24) is 0 Å². The van der Waals surface area contributed by atoms with E-state index in [0.717, 1.165) is 36.0 Å². The van der Waals surface area contributed by atoms with Crippen LogP contribution in [0.3, 0.4) is 0 Å². The number of nitrogens with two attached hydrogens (primary N) is 1. The monoisotopic (exact) mass is 454 g/mol. The van der Waals surface area contributed by atoms with Crippen LogP contribution in [0, 0.1) is 51.1 Å². The molecule has 0 heterocycles. The van der Waals surface area contributed by atoms with Gasteiger partial charge < -0.3 is 15.2 Å². The molecule has 0 amide bonds. The minimum absolute atomic E-state index is 0.0112. The van der Waals surface area contributed by atoms with Gasteiger partial charge in [0.25, 0.3) is 0 Å². The zero-order valence-electron chi connectivity index (χ0n) is 18.7. The number of nitrogens with zero attached hydrogens (tertiary/aromatic N) is 3. The predicted molar refractivity (Wildman–Crippen MR) is 122 cm³/mol. The molecule has 34 heavy (non-hydrogen) atoms. The molecule has 0 saturated carbocycles. The predicted octanol–water partition coefficient (Wildman–Crippen LogP) is 5.01. The van der Waals surface area contributed by atoms with Crippen LogP contribution in [0.4, 0.5) is 4.39 Å². The van der Waals surface area contributed by atoms with E-state index < -0.39 is 11.3 Å². The summed E-state index contributed by atoms with van der Waals surface area (Å²) in [5.74, 6) is -0.0107. The van der Waals surface area contributed by atoms with Crippen LogP contribution in [0.2, 0.25) is 0 Å². The second-order valence-electron chi connectivity index (χ2n) is 8.42. The highest BCUT2D eigenvalue weighted by atomic mass is 19.1. The number of nitriles is 3. The van der Waals surface area contributed by atoms with Crippen LogP contribution in [0.25, 0.3) is 0 Å². The lowest BCUT2D eigenvalue weighted by molar-refractivity contribution is 0.294. The highest BCUT2D eigenvalue weighted by Crippen LogP contribution is 2.56. The molecule has 2 aromatic rings. The van der Waals surface area contributed by atoms with Crippen molar-refractivity contribution < 1.29 is 13.9 Å². The summed E-state index contributed by atoms with van der Waals surface area (Å²) in [5, 5.41) is 30.1. The molecule has 170 valence electrons. The average Bonchev–Trinajstić information content (AvgIpc) is 2.88. The molecule has 2 aromatic carbocycles. The van der Waals surface area contributed by atoms with Gasteiger partial charge in [0.05, 0.1) is 30.5 Å². The largest absolute Gasteiger partial charge is 0.496 e. The number of benzene rings is 2. The van der Waals surface area contributed by atoms with E-state index in [4.69, 9.17) is 15.2 Å². The van der Waals surface area contributed by atoms with E-state index in [-0.39, 0.29) is 29.6 Å². The van der Waals surface area contributed by atoms with Gasteiger partial charge in [-0.25, -0.2) is 4.39 Å². The van der Waals surface area contributed by atoms with Crippen molar-refractivity contribution in [2.75, 3.05) is 7.11 Å². The molecule has 7 heteroatoms. The van der Waals surface area contributed by atoms with E-state index in [1.54, 1.807) is 12.1 Å². The van der Waals surface area contributed by atoms with Gasteiger partial charge in [-0.05, 0) is 66.6 Å². The third-order valence-corrected chi connectivity index (χ3v) is 6.68. The van der Waals surface area contributed by atoms with E-state index in [2.05, 4.69) is 18.2 Å². The molecule has 0 saturated heterocycles. The van der Waals surface area contributed by atoms with Crippen LogP contribution in [-0.2, 0) is 6.61 Å². The third-order valence-electron chi connectivity index (χ3n) is 6.68. The lowest BCUT2D eigenvalue weighted by atomic mass is 9.56. The van der Waals surface area contributed by atoms with Gasteiger partial charge in [-0.2, -0.15) is 15.8 Å². The molecule has 0 aliphatic heterocycles. The molecule has 2 atom stereocenters. The smallest absolute Gasteiger partial charge is 0.191 e. The summed E-state index contributed by atoms with van der Waals surface area (Å²) in [6.45, 7) is 0.191. The van der Waals surface area contributed by atoms with Gasteiger partial charge in [-0.3, -0.25) is 0 Å². The van der Waals surface area contributed by atoms with Crippen LogP contribution >= 0.6 is 0 Å². The van der Waals surface area contributed by atoms with Crippen LogP contribution in [0.1, 0.15) is 36.3 Å². The van der Waals surface area contributed by atoms with Crippen LogP contribution < -0.4 is 15.2 Å². The first kappa shape index (κ1) is 22.9. The van der Waals surface area contributed by atoms with Crippen molar-refractivity contribution in [2.24, 2.45) is 17.1 Å². The van der Waals surface area contributed by atoms with E-state index >= 15 is 0 Å². The summed E-state index contributed by atoms with van der Waals surface area (Å²) < 4.78 is 24.5. The van der Waals surface area contributed by atoms with Gasteiger partial charge in [0.2, 0.25) is 0 Å². The topological polar surface area (TPSA) is 116 Å². The first-order valence-electron chi connectivity index (χ1n) is 11.0. The molecule has 2 N–H and O–H groups in total. The Labute approximate surface area is 197 Å². The van der Waals surface area contributed by atoms with E-state index in [1.165, 1.54) is 19.2 Å². The maximum atomic E-state index is 13.1. The highest BCUT2D eigenvalue weighted by Gasteiger charge is 2.53. The molecule has 0 unspecified atom stereocenters. The van der Waals surface area contributed by atoms with Gasteiger partial charge in [-0.1, -0.05) is 18.2 Å². The molecule has 6 nitrogen and oxygen atoms in total. The molecule has 2 aliphatic rings. The van der Waals surface area contributed by atoms with Crippen molar-refractivity contribution in [1.29, 1.82) is 15.8 Å². The molecule has 4 rings (SSSR count). The van der Waals surface area contributed by atoms with Crippen molar-refractivity contribution in [2.45, 2.75) is 31.8 Å². The zero-order valence-corrected chi connectivity index (χ0v) is 18.7. The van der Waals surface area contributed by atoms with Crippen molar-refractivity contribution in [3.8, 4) is 29.7 Å². The van der Waals surface area contributed by atoms with Crippen molar-refractivity contribution in [3.63, 3.8) is 0 Å². The summed E-state index contributed by atoms with van der Waals surface area (Å²) in [6, 6.07) is 17.7. The lowest BCUT2D eigenvalue weighted by Gasteiger charge is -2.43. The summed E-state index contributed by atoms with van der Waals surface area (Å²) in [7, 11) is 1.54. The standard InChI is InChI=1S/C27H23FN4O2/c1-33-24-12-17(6-7-18(24)14-34-20-10-8-19(28)9-11-20)25-22-5-3-2-4-21(22)23(13-29)26(32)27(25,15-30)16-31/h4,6-12,22,25H,2-3,5,14,32H2,1H3/t22-,25-/m1/s1. The Morgan fingerprint density at radius 3 is 2.50 bits per heavy atom. The van der Waals surface area contributed by atoms with E-state index in [1.807, 2.05) is 24.3 Å². The Balaban J connectivity index is 1.75. The van der Waals surface area contributed by atoms with Gasteiger partial charge in [0, 0.05) is 11.5 Å². The number of ether oxygens (including phenoxy) is 2. The number of fused-ring (bicyclic) bond motifs is 1. The second-order valence-corrected chi connectivity index (χ2v) is 8.42. The summed E-state index contributed by atoms with van der Waals surface area (Å²) >= 11 is 0. The minimum atomic E-state index is -1.67. The molecular formula is C27H23FN4O2. The average molecular weight is 455 g/mol. The van der Waals surface area contributed by atoms with Crippen LogP contribution in [-0.4, -0.2) is 7.11 Å². The number of hydrogen-bond donors (Lipinski definition) is 1. The first-order chi connectivity index (χ1) is 16.5. The van der Waals surface area contributed by atoms with Crippen LogP contribution in [0.15, 0.2) is 65.4 Å². The SMILES string of the molecule is COc1cc([C@@H]2[C@@H]3CCCC=C3C(C#N)=C(N)C2(C#N)C#N)ccc1COc1ccc(F)cc1. The summed E-state index contributed by atoms with van der Waals surface area (Å²) in [4.78, 5) is 0. The summed E-state index contributed by atoms with van der Waals surface area (Å²) in [6.07, 6.45) is 4.48. The summed E-state index contributed by atoms with van der Waals surface area (Å²) in [5.41, 5.74) is 7.25. The fraction of sp³-hybridized carbons (Fsp3) is 0.296. The first-order valence-corrected chi connectivity index (χ1v) is 11.0. The van der Waals surface area contributed by atoms with E-state index in [9.17, 15) is 20.2 Å². The molecule has 0 bridgehead atoms. The Kier molecular flexibility index (Phi) is 6.26. The molecular weight excluding hydrogens is 431 g/mol. The quantitative estimate of drug-likeness (QED) is 0.679. The second kappa shape index (κ2) is 9.30. The minimum Gasteiger partial charge on any atom is -0.496 e. The molecule has 0 aromatic heterocycles. The third kappa shape index (κ3) is 3.74. The van der Waals surface area contributed by atoms with Gasteiger partial charge in [0.1, 0.15) is 30.0 Å². The lowest BCUT2D eigenvalue weighted by Crippen LogP contribution is -2.42. The Morgan fingerprint density at radius 1 is 1.12 bits per heavy atom. The molecule has 0 radical (unpaired) electrons. The van der Waals surface area contributed by atoms with E-state index in [0.29, 0.717) is 11.5 Å². The Hall–Kier alpha value is -4.28. The number of halogens is 1. The highest BCUT2D eigenvalue weighted by molar-refractivity contribution is 5.59. The Bertz CT molecular complexity index is 1280. The number of hydrogen-bond acceptors (Lipinski definition) is 6. The van der Waals surface area contributed by atoms with Crippen molar-refractivity contribution in [3.05, 3.63) is 82.3 Å². The fourth-order valence-corrected chi connectivity index (χ4v) is 5.02. The van der Waals surface area contributed by atoms with Crippen molar-refractivity contribution >= 4 is 0 Å². The zero-order chi connectivity index (χ0) is 24.3. The van der Waals surface area contributed by atoms with Gasteiger partial charge in [-0.15, -0.1) is 0 Å². The van der Waals surface area contributed by atoms with Gasteiger partial charge >= 0.3 is 0 Å². The maximum Gasteiger partial charge on any atom is 0.191 e. The molecule has 0 fully saturated rings. The normalized spacial score (nSPS) is 20.7. The number of methoxy groups -OCH3 is 1. The van der Waals surface area contributed by atoms with Gasteiger partial charge in [0.15, 0.2) is 5.41 Å². The number of rotatable bonds is 5. The number of allylic oxidation sites excluding steroid dienone is 4.